The third-order valence-corrected chi connectivity index (χ3v) is 2.50. The van der Waals surface area contributed by atoms with Crippen LogP contribution in [0.5, 0.6) is 11.8 Å². The van der Waals surface area contributed by atoms with Gasteiger partial charge >= 0.3 is 0 Å². The van der Waals surface area contributed by atoms with Crippen molar-refractivity contribution < 1.29 is 14.3 Å². The molecule has 0 aliphatic rings. The summed E-state index contributed by atoms with van der Waals surface area (Å²) in [6, 6.07) is 8.32. The Balaban J connectivity index is 0.000000204. The third kappa shape index (κ3) is 5.03. The van der Waals surface area contributed by atoms with Gasteiger partial charge in [-0.2, -0.15) is 0 Å². The molecule has 0 saturated carbocycles. The number of hydrogen-bond donors (Lipinski definition) is 0. The second-order valence-corrected chi connectivity index (χ2v) is 4.13. The Morgan fingerprint density at radius 3 is 2.20 bits per heavy atom. The summed E-state index contributed by atoms with van der Waals surface area (Å²) >= 11 is 11.1. The van der Waals surface area contributed by atoms with Gasteiger partial charge in [-0.05, 0) is 18.2 Å². The Labute approximate surface area is 126 Å². The van der Waals surface area contributed by atoms with Crippen molar-refractivity contribution in [2.24, 2.45) is 0 Å². The van der Waals surface area contributed by atoms with Gasteiger partial charge in [-0.15, -0.1) is 0 Å². The lowest BCUT2D eigenvalue weighted by molar-refractivity contribution is 0.112. The molecule has 0 aliphatic heterocycles. The Bertz CT molecular complexity index is 579. The summed E-state index contributed by atoms with van der Waals surface area (Å²) in [6.45, 7) is 0. The van der Waals surface area contributed by atoms with E-state index in [1.807, 2.05) is 0 Å². The molecule has 7 heteroatoms. The number of pyridine rings is 2. The van der Waals surface area contributed by atoms with E-state index in [9.17, 15) is 4.79 Å². The van der Waals surface area contributed by atoms with Gasteiger partial charge in [0.05, 0.1) is 19.8 Å². The van der Waals surface area contributed by atoms with Crippen LogP contribution < -0.4 is 9.47 Å². The average Bonchev–Trinajstić information content (AvgIpc) is 2.47. The number of aldehydes is 1. The second kappa shape index (κ2) is 8.35. The van der Waals surface area contributed by atoms with Gasteiger partial charge in [-0.1, -0.05) is 29.3 Å². The maximum atomic E-state index is 10.3. The van der Waals surface area contributed by atoms with Crippen LogP contribution in [0.25, 0.3) is 0 Å². The minimum atomic E-state index is 0.257. The molecular weight excluding hydrogens is 303 g/mol. The summed E-state index contributed by atoms with van der Waals surface area (Å²) < 4.78 is 9.59. The number of methoxy groups -OCH3 is 2. The summed E-state index contributed by atoms with van der Waals surface area (Å²) in [5.41, 5.74) is 0.400. The van der Waals surface area contributed by atoms with Crippen molar-refractivity contribution in [3.63, 3.8) is 0 Å². The van der Waals surface area contributed by atoms with Crippen molar-refractivity contribution in [3.05, 3.63) is 46.2 Å². The van der Waals surface area contributed by atoms with E-state index in [0.717, 1.165) is 0 Å². The zero-order chi connectivity index (χ0) is 15.0. The van der Waals surface area contributed by atoms with Crippen molar-refractivity contribution in [3.8, 4) is 11.8 Å². The number of carbonyl (C=O) groups is 1. The molecule has 2 aromatic rings. The Morgan fingerprint density at radius 1 is 1.00 bits per heavy atom. The van der Waals surface area contributed by atoms with Crippen LogP contribution in [0.1, 0.15) is 10.4 Å². The molecule has 5 nitrogen and oxygen atoms in total. The molecule has 0 unspecified atom stereocenters. The third-order valence-electron chi connectivity index (χ3n) is 2.07. The van der Waals surface area contributed by atoms with E-state index in [0.29, 0.717) is 28.0 Å². The number of nitrogens with zero attached hydrogens (tertiary/aromatic N) is 2. The maximum absolute atomic E-state index is 10.3. The highest BCUT2D eigenvalue weighted by Crippen LogP contribution is 2.15. The maximum Gasteiger partial charge on any atom is 0.225 e. The molecule has 0 fully saturated rings. The molecule has 2 rings (SSSR count). The fourth-order valence-electron chi connectivity index (χ4n) is 1.19. The molecular formula is C13H12Cl2N2O3. The van der Waals surface area contributed by atoms with Crippen molar-refractivity contribution in [2.75, 3.05) is 14.2 Å². The molecule has 0 radical (unpaired) electrons. The molecule has 0 saturated heterocycles. The van der Waals surface area contributed by atoms with Crippen LogP contribution in [-0.4, -0.2) is 30.5 Å². The van der Waals surface area contributed by atoms with Crippen LogP contribution in [0.2, 0.25) is 10.3 Å². The molecule has 0 aromatic carbocycles. The van der Waals surface area contributed by atoms with E-state index < -0.39 is 0 Å². The molecule has 2 heterocycles. The zero-order valence-electron chi connectivity index (χ0n) is 10.8. The average molecular weight is 315 g/mol. The summed E-state index contributed by atoms with van der Waals surface area (Å²) in [5.74, 6) is 0.801. The van der Waals surface area contributed by atoms with Crippen molar-refractivity contribution in [1.29, 1.82) is 0 Å². The highest BCUT2D eigenvalue weighted by Gasteiger charge is 2.02. The van der Waals surface area contributed by atoms with E-state index in [1.54, 1.807) is 31.4 Å². The molecule has 0 N–H and O–H groups in total. The number of carbonyl (C=O) groups excluding carboxylic acids is 1. The number of aromatic nitrogens is 2. The van der Waals surface area contributed by atoms with Gasteiger partial charge in [-0.3, -0.25) is 4.79 Å². The summed E-state index contributed by atoms with van der Waals surface area (Å²) in [7, 11) is 2.99. The van der Waals surface area contributed by atoms with Crippen molar-refractivity contribution in [2.45, 2.75) is 0 Å². The van der Waals surface area contributed by atoms with Crippen LogP contribution in [0.15, 0.2) is 30.3 Å². The van der Waals surface area contributed by atoms with Crippen LogP contribution in [0.4, 0.5) is 0 Å². The monoisotopic (exact) mass is 314 g/mol. The van der Waals surface area contributed by atoms with Gasteiger partial charge in [0.25, 0.3) is 0 Å². The first kappa shape index (κ1) is 16.2. The summed E-state index contributed by atoms with van der Waals surface area (Å²) in [6.07, 6.45) is 0.669. The van der Waals surface area contributed by atoms with Gasteiger partial charge in [0, 0.05) is 6.07 Å². The Hall–Kier alpha value is -1.85. The van der Waals surface area contributed by atoms with Gasteiger partial charge < -0.3 is 9.47 Å². The number of rotatable bonds is 3. The van der Waals surface area contributed by atoms with Crippen LogP contribution in [0, 0.1) is 0 Å². The fourth-order valence-corrected chi connectivity index (χ4v) is 1.48. The van der Waals surface area contributed by atoms with Gasteiger partial charge in [-0.25, -0.2) is 9.97 Å². The summed E-state index contributed by atoms with van der Waals surface area (Å²) in [5, 5.41) is 0.766. The molecule has 20 heavy (non-hydrogen) atoms. The molecule has 0 atom stereocenters. The minimum absolute atomic E-state index is 0.257. The fraction of sp³-hybridized carbons (Fsp3) is 0.154. The Kier molecular flexibility index (Phi) is 6.76. The largest absolute Gasteiger partial charge is 0.481 e. The molecule has 0 bridgehead atoms. The normalized spacial score (nSPS) is 9.20. The van der Waals surface area contributed by atoms with Crippen LogP contribution >= 0.6 is 23.2 Å². The van der Waals surface area contributed by atoms with Crippen molar-refractivity contribution >= 4 is 29.5 Å². The lowest BCUT2D eigenvalue weighted by atomic mass is 10.3. The first-order valence-corrected chi connectivity index (χ1v) is 6.18. The van der Waals surface area contributed by atoms with Crippen LogP contribution in [0.3, 0.4) is 0 Å². The number of hydrogen-bond acceptors (Lipinski definition) is 5. The van der Waals surface area contributed by atoms with Gasteiger partial charge in [0.15, 0.2) is 6.29 Å². The predicted molar refractivity (Wildman–Crippen MR) is 77.0 cm³/mol. The first-order valence-electron chi connectivity index (χ1n) is 5.43. The SMILES string of the molecule is COc1cccc(Cl)n1.COc1nc(Cl)ccc1C=O. The molecule has 0 amide bonds. The number of halogens is 2. The topological polar surface area (TPSA) is 61.3 Å². The first-order chi connectivity index (χ1) is 9.60. The lowest BCUT2D eigenvalue weighted by Gasteiger charge is -2.00. The number of ether oxygens (including phenoxy) is 2. The van der Waals surface area contributed by atoms with Gasteiger partial charge in [0.2, 0.25) is 11.8 Å². The Morgan fingerprint density at radius 2 is 1.70 bits per heavy atom. The van der Waals surface area contributed by atoms with E-state index in [-0.39, 0.29) is 5.88 Å². The predicted octanol–water partition coefficient (Wildman–Crippen LogP) is 3.30. The quantitative estimate of drug-likeness (QED) is 0.642. The van der Waals surface area contributed by atoms with E-state index in [2.05, 4.69) is 9.97 Å². The minimum Gasteiger partial charge on any atom is -0.481 e. The van der Waals surface area contributed by atoms with Crippen molar-refractivity contribution in [1.82, 2.24) is 9.97 Å². The molecule has 106 valence electrons. The molecule has 0 spiro atoms. The van der Waals surface area contributed by atoms with Crippen LogP contribution in [-0.2, 0) is 0 Å². The highest BCUT2D eigenvalue weighted by molar-refractivity contribution is 6.29. The van der Waals surface area contributed by atoms with E-state index in [4.69, 9.17) is 32.7 Å². The van der Waals surface area contributed by atoms with E-state index in [1.165, 1.54) is 13.2 Å². The highest BCUT2D eigenvalue weighted by atomic mass is 35.5. The van der Waals surface area contributed by atoms with Gasteiger partial charge in [0.1, 0.15) is 10.3 Å². The molecule has 0 aliphatic carbocycles. The standard InChI is InChI=1S/C7H6ClNO2.C6H6ClNO/c1-11-7-5(4-10)2-3-6(8)9-7;1-9-6-4-2-3-5(7)8-6/h2-4H,1H3;2-4H,1H3. The summed E-state index contributed by atoms with van der Waals surface area (Å²) in [4.78, 5) is 17.9. The second-order valence-electron chi connectivity index (χ2n) is 3.35. The lowest BCUT2D eigenvalue weighted by Crippen LogP contribution is -1.93. The zero-order valence-corrected chi connectivity index (χ0v) is 12.4. The molecule has 2 aromatic heterocycles. The smallest absolute Gasteiger partial charge is 0.225 e. The van der Waals surface area contributed by atoms with E-state index >= 15 is 0 Å².